The highest BCUT2D eigenvalue weighted by atomic mass is 32.1. The second-order valence-corrected chi connectivity index (χ2v) is 4.58. The van der Waals surface area contributed by atoms with E-state index in [4.69, 9.17) is 12.2 Å². The summed E-state index contributed by atoms with van der Waals surface area (Å²) in [6.07, 6.45) is 3.51. The molecule has 0 bridgehead atoms. The maximum atomic E-state index is 5.25. The number of nitrogens with zero attached hydrogens (tertiary/aromatic N) is 3. The van der Waals surface area contributed by atoms with E-state index >= 15 is 0 Å². The monoisotopic (exact) mass is 260 g/mol. The third-order valence-electron chi connectivity index (χ3n) is 2.36. The number of aromatic nitrogens is 4. The molecule has 4 nitrogen and oxygen atoms in total. The maximum absolute atomic E-state index is 5.25. The lowest BCUT2D eigenvalue weighted by atomic mass is 10.2. The fourth-order valence-electron chi connectivity index (χ4n) is 1.61. The zero-order valence-corrected chi connectivity index (χ0v) is 10.3. The van der Waals surface area contributed by atoms with Crippen molar-refractivity contribution in [1.29, 1.82) is 0 Å². The number of aromatic amines is 1. The number of hydrogen-bond donors (Lipinski definition) is 1. The molecule has 0 saturated heterocycles. The first kappa shape index (κ1) is 10.4. The van der Waals surface area contributed by atoms with Gasteiger partial charge in [-0.2, -0.15) is 16.4 Å². The highest BCUT2D eigenvalue weighted by Crippen LogP contribution is 2.21. The normalized spacial score (nSPS) is 10.6. The van der Waals surface area contributed by atoms with Gasteiger partial charge >= 0.3 is 0 Å². The Morgan fingerprint density at radius 3 is 3.00 bits per heavy atom. The largest absolute Gasteiger partial charge is 0.267 e. The minimum Gasteiger partial charge on any atom is -0.267 e. The molecule has 0 radical (unpaired) electrons. The molecule has 0 amide bonds. The van der Waals surface area contributed by atoms with E-state index in [1.165, 1.54) is 0 Å². The molecular formula is C11H8N4S2. The van der Waals surface area contributed by atoms with Gasteiger partial charge in [0.25, 0.3) is 0 Å². The summed E-state index contributed by atoms with van der Waals surface area (Å²) in [5.41, 5.74) is 1.96. The summed E-state index contributed by atoms with van der Waals surface area (Å²) >= 11 is 6.88. The van der Waals surface area contributed by atoms with Gasteiger partial charge in [0.15, 0.2) is 10.6 Å². The van der Waals surface area contributed by atoms with Crippen LogP contribution in [-0.4, -0.2) is 19.7 Å². The van der Waals surface area contributed by atoms with E-state index in [2.05, 4.69) is 15.2 Å². The Labute approximate surface area is 107 Å². The average Bonchev–Trinajstić information content (AvgIpc) is 2.99. The number of pyridine rings is 1. The smallest absolute Gasteiger partial charge is 0.200 e. The van der Waals surface area contributed by atoms with Crippen molar-refractivity contribution in [2.45, 2.75) is 0 Å². The summed E-state index contributed by atoms with van der Waals surface area (Å²) in [4.78, 5) is 4.09. The van der Waals surface area contributed by atoms with Gasteiger partial charge < -0.3 is 0 Å². The molecule has 0 unspecified atom stereocenters. The first-order chi connectivity index (χ1) is 8.36. The van der Waals surface area contributed by atoms with Crippen molar-refractivity contribution in [2.24, 2.45) is 0 Å². The van der Waals surface area contributed by atoms with Crippen molar-refractivity contribution in [3.63, 3.8) is 0 Å². The van der Waals surface area contributed by atoms with E-state index in [0.29, 0.717) is 4.77 Å². The Morgan fingerprint density at radius 1 is 1.35 bits per heavy atom. The van der Waals surface area contributed by atoms with Crippen LogP contribution in [0, 0.1) is 4.77 Å². The minimum absolute atomic E-state index is 0.585. The summed E-state index contributed by atoms with van der Waals surface area (Å²) in [5, 5.41) is 11.1. The van der Waals surface area contributed by atoms with E-state index in [1.807, 2.05) is 33.5 Å². The molecule has 0 aliphatic carbocycles. The van der Waals surface area contributed by atoms with Crippen LogP contribution >= 0.6 is 23.6 Å². The van der Waals surface area contributed by atoms with Gasteiger partial charge in [0.1, 0.15) is 0 Å². The summed E-state index contributed by atoms with van der Waals surface area (Å²) in [7, 11) is 0. The Bertz CT molecular complexity index is 667. The van der Waals surface area contributed by atoms with Crippen molar-refractivity contribution in [3.8, 4) is 17.1 Å². The molecule has 0 atom stereocenters. The molecule has 84 valence electrons. The number of hydrogen-bond acceptors (Lipinski definition) is 4. The molecular weight excluding hydrogens is 252 g/mol. The minimum atomic E-state index is 0.585. The number of thiophene rings is 1. The van der Waals surface area contributed by atoms with Gasteiger partial charge in [-0.1, -0.05) is 0 Å². The molecule has 1 N–H and O–H groups in total. The maximum Gasteiger partial charge on any atom is 0.200 e. The van der Waals surface area contributed by atoms with Crippen molar-refractivity contribution >= 4 is 23.6 Å². The lowest BCUT2D eigenvalue weighted by molar-refractivity contribution is 1.04. The van der Waals surface area contributed by atoms with Crippen LogP contribution in [0.25, 0.3) is 17.1 Å². The summed E-state index contributed by atoms with van der Waals surface area (Å²) in [6, 6.07) is 5.85. The van der Waals surface area contributed by atoms with Gasteiger partial charge in [-0.05, 0) is 35.8 Å². The van der Waals surface area contributed by atoms with E-state index < -0.39 is 0 Å². The second-order valence-electron chi connectivity index (χ2n) is 3.41. The van der Waals surface area contributed by atoms with E-state index in [1.54, 1.807) is 23.7 Å². The first-order valence-corrected chi connectivity index (χ1v) is 6.32. The molecule has 0 fully saturated rings. The van der Waals surface area contributed by atoms with Crippen molar-refractivity contribution in [1.82, 2.24) is 19.7 Å². The fraction of sp³-hybridized carbons (Fsp3) is 0. The van der Waals surface area contributed by atoms with Crippen LogP contribution in [0.15, 0.2) is 41.4 Å². The molecule has 3 heterocycles. The average molecular weight is 260 g/mol. The highest BCUT2D eigenvalue weighted by molar-refractivity contribution is 7.71. The number of rotatable bonds is 2. The number of nitrogens with one attached hydrogen (secondary N) is 1. The zero-order valence-electron chi connectivity index (χ0n) is 8.70. The first-order valence-electron chi connectivity index (χ1n) is 4.96. The Balaban J connectivity index is 2.24. The highest BCUT2D eigenvalue weighted by Gasteiger charge is 2.10. The Kier molecular flexibility index (Phi) is 2.58. The molecule has 3 aromatic heterocycles. The van der Waals surface area contributed by atoms with Crippen LogP contribution in [0.2, 0.25) is 0 Å². The van der Waals surface area contributed by atoms with Gasteiger partial charge in [0.2, 0.25) is 0 Å². The Morgan fingerprint density at radius 2 is 2.29 bits per heavy atom. The SMILES string of the molecule is S=c1[nH]nc(-c2cccnc2)n1-c1ccsc1. The molecule has 0 saturated carbocycles. The van der Waals surface area contributed by atoms with Crippen LogP contribution in [0.3, 0.4) is 0 Å². The lowest BCUT2D eigenvalue weighted by Gasteiger charge is -2.03. The standard InChI is InChI=1S/C11H8N4S2/c16-11-14-13-10(8-2-1-4-12-6-8)15(11)9-3-5-17-7-9/h1-7H,(H,14,16). The second kappa shape index (κ2) is 4.23. The van der Waals surface area contributed by atoms with Crippen molar-refractivity contribution < 1.29 is 0 Å². The molecule has 0 aliphatic rings. The van der Waals surface area contributed by atoms with Gasteiger partial charge in [-0.3, -0.25) is 14.6 Å². The van der Waals surface area contributed by atoms with Crippen LogP contribution in [0.5, 0.6) is 0 Å². The predicted molar refractivity (Wildman–Crippen MR) is 69.9 cm³/mol. The Hall–Kier alpha value is -1.79. The third kappa shape index (κ3) is 1.81. The molecule has 17 heavy (non-hydrogen) atoms. The van der Waals surface area contributed by atoms with Gasteiger partial charge in [0, 0.05) is 23.3 Å². The van der Waals surface area contributed by atoms with Gasteiger partial charge in [-0.15, -0.1) is 0 Å². The van der Waals surface area contributed by atoms with Gasteiger partial charge in [0.05, 0.1) is 5.69 Å². The summed E-state index contributed by atoms with van der Waals surface area (Å²) < 4.78 is 2.49. The summed E-state index contributed by atoms with van der Waals surface area (Å²) in [5.74, 6) is 0.779. The third-order valence-corrected chi connectivity index (χ3v) is 3.30. The summed E-state index contributed by atoms with van der Waals surface area (Å²) in [6.45, 7) is 0. The van der Waals surface area contributed by atoms with Crippen LogP contribution < -0.4 is 0 Å². The van der Waals surface area contributed by atoms with Crippen molar-refractivity contribution in [3.05, 3.63) is 46.1 Å². The quantitative estimate of drug-likeness (QED) is 0.720. The van der Waals surface area contributed by atoms with Crippen LogP contribution in [0.4, 0.5) is 0 Å². The predicted octanol–water partition coefficient (Wildman–Crippen LogP) is 3.05. The zero-order chi connectivity index (χ0) is 11.7. The molecule has 3 aromatic rings. The van der Waals surface area contributed by atoms with Crippen LogP contribution in [-0.2, 0) is 0 Å². The molecule has 3 rings (SSSR count). The van der Waals surface area contributed by atoms with Crippen LogP contribution in [0.1, 0.15) is 0 Å². The molecule has 0 spiro atoms. The van der Waals surface area contributed by atoms with E-state index in [-0.39, 0.29) is 0 Å². The number of H-pyrrole nitrogens is 1. The van der Waals surface area contributed by atoms with Gasteiger partial charge in [-0.25, -0.2) is 0 Å². The molecule has 0 aliphatic heterocycles. The topological polar surface area (TPSA) is 46.5 Å². The lowest BCUT2D eigenvalue weighted by Crippen LogP contribution is -1.95. The fourth-order valence-corrected chi connectivity index (χ4v) is 2.47. The van der Waals surface area contributed by atoms with Crippen molar-refractivity contribution in [2.75, 3.05) is 0 Å². The molecule has 0 aromatic carbocycles. The van der Waals surface area contributed by atoms with E-state index in [9.17, 15) is 0 Å². The molecule has 6 heteroatoms. The van der Waals surface area contributed by atoms with E-state index in [0.717, 1.165) is 17.1 Å².